The van der Waals surface area contributed by atoms with E-state index in [1.165, 1.54) is 12.1 Å². The Kier molecular flexibility index (Phi) is 6.19. The lowest BCUT2D eigenvalue weighted by Crippen LogP contribution is -2.30. The Bertz CT molecular complexity index is 1210. The van der Waals surface area contributed by atoms with Gasteiger partial charge in [0.2, 0.25) is 0 Å². The summed E-state index contributed by atoms with van der Waals surface area (Å²) in [5.41, 5.74) is 3.05. The van der Waals surface area contributed by atoms with Crippen LogP contribution in [0.5, 0.6) is 5.75 Å². The van der Waals surface area contributed by atoms with Crippen LogP contribution in [-0.4, -0.2) is 32.9 Å². The first-order valence-electron chi connectivity index (χ1n) is 10.5. The van der Waals surface area contributed by atoms with E-state index >= 15 is 0 Å². The van der Waals surface area contributed by atoms with E-state index in [2.05, 4.69) is 4.72 Å². The number of aryl methyl sites for hydroxylation is 1. The van der Waals surface area contributed by atoms with Gasteiger partial charge in [0, 0.05) is 17.8 Å². The molecule has 0 saturated carbocycles. The number of benzene rings is 3. The lowest BCUT2D eigenvalue weighted by molar-refractivity contribution is 0.0735. The highest BCUT2D eigenvalue weighted by Crippen LogP contribution is 2.34. The molecule has 1 N–H and O–H groups in total. The van der Waals surface area contributed by atoms with Crippen molar-refractivity contribution in [3.05, 3.63) is 89.5 Å². The summed E-state index contributed by atoms with van der Waals surface area (Å²) in [5, 5.41) is 0. The van der Waals surface area contributed by atoms with Gasteiger partial charge in [-0.3, -0.25) is 9.52 Å². The maximum atomic E-state index is 13.2. The topological polar surface area (TPSA) is 75.7 Å². The quantitative estimate of drug-likeness (QED) is 0.586. The molecular formula is C25H26N2O4S. The van der Waals surface area contributed by atoms with E-state index in [0.29, 0.717) is 17.8 Å². The molecular weight excluding hydrogens is 424 g/mol. The highest BCUT2D eigenvalue weighted by molar-refractivity contribution is 7.92. The second-order valence-electron chi connectivity index (χ2n) is 7.93. The molecule has 32 heavy (non-hydrogen) atoms. The number of amides is 1. The highest BCUT2D eigenvalue weighted by atomic mass is 32.2. The van der Waals surface area contributed by atoms with Crippen LogP contribution in [0.25, 0.3) is 0 Å². The zero-order valence-electron chi connectivity index (χ0n) is 18.1. The Morgan fingerprint density at radius 2 is 1.75 bits per heavy atom. The Morgan fingerprint density at radius 1 is 1.03 bits per heavy atom. The van der Waals surface area contributed by atoms with Crippen LogP contribution in [0.3, 0.4) is 0 Å². The number of hydrogen-bond acceptors (Lipinski definition) is 4. The molecule has 1 saturated heterocycles. The number of sulfonamides is 1. The number of hydrogen-bond donors (Lipinski definition) is 1. The second kappa shape index (κ2) is 9.04. The van der Waals surface area contributed by atoms with Crippen LogP contribution in [0.1, 0.15) is 40.4 Å². The van der Waals surface area contributed by atoms with Crippen LogP contribution in [0, 0.1) is 6.92 Å². The summed E-state index contributed by atoms with van der Waals surface area (Å²) in [6, 6.07) is 21.0. The first-order chi connectivity index (χ1) is 15.4. The molecule has 4 rings (SSSR count). The number of methoxy groups -OCH3 is 1. The molecule has 1 heterocycles. The maximum absolute atomic E-state index is 13.2. The van der Waals surface area contributed by atoms with Crippen LogP contribution in [-0.2, 0) is 10.0 Å². The number of likely N-dealkylation sites (tertiary alicyclic amines) is 1. The molecule has 166 valence electrons. The molecule has 3 aromatic rings. The average Bonchev–Trinajstić information content (AvgIpc) is 3.30. The molecule has 0 aliphatic carbocycles. The van der Waals surface area contributed by atoms with Crippen molar-refractivity contribution in [3.63, 3.8) is 0 Å². The minimum atomic E-state index is -3.74. The summed E-state index contributed by atoms with van der Waals surface area (Å²) < 4.78 is 33.3. The first kappa shape index (κ1) is 21.9. The van der Waals surface area contributed by atoms with E-state index in [-0.39, 0.29) is 16.8 Å². The van der Waals surface area contributed by atoms with Gasteiger partial charge in [0.1, 0.15) is 5.75 Å². The summed E-state index contributed by atoms with van der Waals surface area (Å²) in [6.45, 7) is 2.60. The molecule has 0 bridgehead atoms. The highest BCUT2D eigenvalue weighted by Gasteiger charge is 2.31. The predicted octanol–water partition coefficient (Wildman–Crippen LogP) is 4.78. The van der Waals surface area contributed by atoms with E-state index in [1.807, 2.05) is 48.2 Å². The summed E-state index contributed by atoms with van der Waals surface area (Å²) in [5.74, 6) is 0.656. The van der Waals surface area contributed by atoms with Gasteiger partial charge < -0.3 is 9.64 Å². The van der Waals surface area contributed by atoms with E-state index < -0.39 is 10.0 Å². The SMILES string of the molecule is COc1cccc(C2CCCN2C(=O)c2ccc(S(=O)(=O)Nc3ccc(C)cc3)cc2)c1. The van der Waals surface area contributed by atoms with Crippen molar-refractivity contribution in [3.8, 4) is 5.75 Å². The molecule has 0 spiro atoms. The van der Waals surface area contributed by atoms with Crippen molar-refractivity contribution in [2.75, 3.05) is 18.4 Å². The number of ether oxygens (including phenoxy) is 1. The Balaban J connectivity index is 1.51. The molecule has 6 nitrogen and oxygen atoms in total. The van der Waals surface area contributed by atoms with Crippen molar-refractivity contribution in [1.29, 1.82) is 0 Å². The van der Waals surface area contributed by atoms with Crippen LogP contribution >= 0.6 is 0 Å². The number of anilines is 1. The smallest absolute Gasteiger partial charge is 0.261 e. The Labute approximate surface area is 188 Å². The minimum absolute atomic E-state index is 0.0239. The van der Waals surface area contributed by atoms with Gasteiger partial charge in [0.05, 0.1) is 18.0 Å². The summed E-state index contributed by atoms with van der Waals surface area (Å²) in [4.78, 5) is 15.2. The van der Waals surface area contributed by atoms with Gasteiger partial charge in [-0.15, -0.1) is 0 Å². The van der Waals surface area contributed by atoms with Gasteiger partial charge in [0.25, 0.3) is 15.9 Å². The molecule has 0 aromatic heterocycles. The predicted molar refractivity (Wildman–Crippen MR) is 124 cm³/mol. The zero-order chi connectivity index (χ0) is 22.7. The molecule has 3 aromatic carbocycles. The monoisotopic (exact) mass is 450 g/mol. The summed E-state index contributed by atoms with van der Waals surface area (Å²) >= 11 is 0. The number of nitrogens with zero attached hydrogens (tertiary/aromatic N) is 1. The van der Waals surface area contributed by atoms with Gasteiger partial charge in [-0.05, 0) is 73.9 Å². The molecule has 1 aliphatic rings. The van der Waals surface area contributed by atoms with Gasteiger partial charge >= 0.3 is 0 Å². The van der Waals surface area contributed by atoms with Crippen LogP contribution in [0.15, 0.2) is 77.7 Å². The minimum Gasteiger partial charge on any atom is -0.497 e. The molecule has 1 fully saturated rings. The van der Waals surface area contributed by atoms with Crippen LogP contribution in [0.4, 0.5) is 5.69 Å². The number of carbonyl (C=O) groups excluding carboxylic acids is 1. The number of carbonyl (C=O) groups is 1. The first-order valence-corrected chi connectivity index (χ1v) is 12.0. The van der Waals surface area contributed by atoms with E-state index in [1.54, 1.807) is 31.4 Å². The van der Waals surface area contributed by atoms with Crippen molar-refractivity contribution >= 4 is 21.6 Å². The van der Waals surface area contributed by atoms with Crippen LogP contribution < -0.4 is 9.46 Å². The van der Waals surface area contributed by atoms with E-state index in [4.69, 9.17) is 4.74 Å². The van der Waals surface area contributed by atoms with Crippen molar-refractivity contribution in [2.45, 2.75) is 30.7 Å². The normalized spacial score (nSPS) is 16.1. The fourth-order valence-electron chi connectivity index (χ4n) is 3.98. The van der Waals surface area contributed by atoms with Crippen molar-refractivity contribution < 1.29 is 17.9 Å². The number of nitrogens with one attached hydrogen (secondary N) is 1. The van der Waals surface area contributed by atoms with Crippen LogP contribution in [0.2, 0.25) is 0 Å². The average molecular weight is 451 g/mol. The standard InChI is InChI=1S/C25H26N2O4S/c1-18-8-12-21(13-9-18)26-32(29,30)23-14-10-19(11-15-23)25(28)27-16-4-7-24(27)20-5-3-6-22(17-20)31-2/h3,5-6,8-15,17,24,26H,4,7,16H2,1-2H3. The molecule has 0 radical (unpaired) electrons. The molecule has 7 heteroatoms. The van der Waals surface area contributed by atoms with Gasteiger partial charge in [0.15, 0.2) is 0 Å². The fraction of sp³-hybridized carbons (Fsp3) is 0.240. The fourth-order valence-corrected chi connectivity index (χ4v) is 5.04. The summed E-state index contributed by atoms with van der Waals surface area (Å²) in [7, 11) is -2.11. The lowest BCUT2D eigenvalue weighted by atomic mass is 10.0. The third-order valence-electron chi connectivity index (χ3n) is 5.71. The third-order valence-corrected chi connectivity index (χ3v) is 7.10. The Hall–Kier alpha value is -3.32. The van der Waals surface area contributed by atoms with Crippen molar-refractivity contribution in [2.24, 2.45) is 0 Å². The third kappa shape index (κ3) is 4.62. The molecule has 1 amide bonds. The van der Waals surface area contributed by atoms with Gasteiger partial charge in [-0.1, -0.05) is 29.8 Å². The van der Waals surface area contributed by atoms with Gasteiger partial charge in [-0.25, -0.2) is 8.42 Å². The zero-order valence-corrected chi connectivity index (χ0v) is 18.9. The molecule has 1 aliphatic heterocycles. The van der Waals surface area contributed by atoms with Crippen molar-refractivity contribution in [1.82, 2.24) is 4.90 Å². The maximum Gasteiger partial charge on any atom is 0.261 e. The summed E-state index contributed by atoms with van der Waals surface area (Å²) in [6.07, 6.45) is 1.80. The van der Waals surface area contributed by atoms with E-state index in [0.717, 1.165) is 29.7 Å². The Morgan fingerprint density at radius 3 is 2.44 bits per heavy atom. The molecule has 1 unspecified atom stereocenters. The number of rotatable bonds is 6. The second-order valence-corrected chi connectivity index (χ2v) is 9.61. The largest absolute Gasteiger partial charge is 0.497 e. The molecule has 1 atom stereocenters. The van der Waals surface area contributed by atoms with Gasteiger partial charge in [-0.2, -0.15) is 0 Å². The van der Waals surface area contributed by atoms with E-state index in [9.17, 15) is 13.2 Å². The lowest BCUT2D eigenvalue weighted by Gasteiger charge is -2.25.